The molecule has 0 radical (unpaired) electrons. The van der Waals surface area contributed by atoms with Crippen molar-refractivity contribution in [1.29, 1.82) is 0 Å². The topological polar surface area (TPSA) is 118 Å². The SMILES string of the molecule is CCCSc1nc(NCCC(CC)OCCO)c(N)c(N[C@@H]2CC2c2cccnc2)n1. The molecule has 5 N–H and O–H groups in total. The minimum Gasteiger partial charge on any atom is -0.394 e. The van der Waals surface area contributed by atoms with Gasteiger partial charge in [-0.1, -0.05) is 31.7 Å². The number of nitrogens with zero attached hydrogens (tertiary/aromatic N) is 3. The number of aromatic nitrogens is 3. The van der Waals surface area contributed by atoms with Crippen molar-refractivity contribution in [2.24, 2.45) is 0 Å². The van der Waals surface area contributed by atoms with Gasteiger partial charge in [0.05, 0.1) is 19.3 Å². The van der Waals surface area contributed by atoms with Gasteiger partial charge >= 0.3 is 0 Å². The standard InChI is InChI=1S/C22H34N6O2S/c1-3-12-31-22-27-20(25-9-7-16(4-2)30-11-10-29)19(23)21(28-22)26-18-13-17(18)15-6-5-8-24-14-15/h5-6,8,14,16-18,29H,3-4,7,9-13,23H2,1-2H3,(H2,25,26,27,28)/t16?,17?,18-/m1/s1. The fourth-order valence-corrected chi connectivity index (χ4v) is 4.12. The summed E-state index contributed by atoms with van der Waals surface area (Å²) in [7, 11) is 0. The van der Waals surface area contributed by atoms with Crippen LogP contribution in [0.2, 0.25) is 0 Å². The van der Waals surface area contributed by atoms with Gasteiger partial charge in [-0.25, -0.2) is 9.97 Å². The molecule has 2 unspecified atom stereocenters. The summed E-state index contributed by atoms with van der Waals surface area (Å²) < 4.78 is 5.65. The van der Waals surface area contributed by atoms with Crippen LogP contribution in [0, 0.1) is 0 Å². The average molecular weight is 447 g/mol. The molecule has 0 spiro atoms. The van der Waals surface area contributed by atoms with Crippen molar-refractivity contribution in [2.45, 2.75) is 62.8 Å². The number of anilines is 3. The van der Waals surface area contributed by atoms with Crippen LogP contribution in [0.3, 0.4) is 0 Å². The lowest BCUT2D eigenvalue weighted by Crippen LogP contribution is -2.20. The van der Waals surface area contributed by atoms with Crippen LogP contribution in [-0.4, -0.2) is 57.7 Å². The summed E-state index contributed by atoms with van der Waals surface area (Å²) in [6.07, 6.45) is 7.61. The highest BCUT2D eigenvalue weighted by Gasteiger charge is 2.39. The van der Waals surface area contributed by atoms with E-state index in [9.17, 15) is 0 Å². The van der Waals surface area contributed by atoms with Crippen LogP contribution < -0.4 is 16.4 Å². The van der Waals surface area contributed by atoms with E-state index in [4.69, 9.17) is 15.6 Å². The van der Waals surface area contributed by atoms with Gasteiger partial charge < -0.3 is 26.2 Å². The summed E-state index contributed by atoms with van der Waals surface area (Å²) in [6, 6.07) is 4.38. The van der Waals surface area contributed by atoms with Gasteiger partial charge in [0.25, 0.3) is 0 Å². The summed E-state index contributed by atoms with van der Waals surface area (Å²) in [5.74, 6) is 2.74. The molecule has 0 saturated heterocycles. The van der Waals surface area contributed by atoms with Crippen LogP contribution in [0.5, 0.6) is 0 Å². The number of pyridine rings is 1. The number of nitrogens with one attached hydrogen (secondary N) is 2. The second-order valence-electron chi connectivity index (χ2n) is 7.69. The highest BCUT2D eigenvalue weighted by atomic mass is 32.2. The maximum Gasteiger partial charge on any atom is 0.191 e. The Bertz CT molecular complexity index is 810. The van der Waals surface area contributed by atoms with E-state index < -0.39 is 0 Å². The first kappa shape index (κ1) is 23.6. The van der Waals surface area contributed by atoms with Crippen molar-refractivity contribution in [1.82, 2.24) is 15.0 Å². The Morgan fingerprint density at radius 2 is 2.16 bits per heavy atom. The van der Waals surface area contributed by atoms with Crippen LogP contribution in [0.4, 0.5) is 17.3 Å². The summed E-state index contributed by atoms with van der Waals surface area (Å²) in [6.45, 7) is 5.31. The quantitative estimate of drug-likeness (QED) is 0.255. The van der Waals surface area contributed by atoms with E-state index in [1.807, 2.05) is 12.3 Å². The van der Waals surface area contributed by atoms with Gasteiger partial charge in [-0.15, -0.1) is 0 Å². The Labute approximate surface area is 188 Å². The molecule has 170 valence electrons. The lowest BCUT2D eigenvalue weighted by Gasteiger charge is -2.18. The zero-order valence-corrected chi connectivity index (χ0v) is 19.2. The molecule has 2 aromatic heterocycles. The molecule has 3 atom stereocenters. The molecule has 1 aliphatic rings. The number of aliphatic hydroxyl groups is 1. The molecule has 0 aliphatic heterocycles. The molecule has 31 heavy (non-hydrogen) atoms. The van der Waals surface area contributed by atoms with Crippen molar-refractivity contribution < 1.29 is 9.84 Å². The van der Waals surface area contributed by atoms with Gasteiger partial charge in [-0.05, 0) is 37.3 Å². The third-order valence-corrected chi connectivity index (χ3v) is 6.30. The Balaban J connectivity index is 1.66. The second-order valence-corrected chi connectivity index (χ2v) is 8.75. The Hall–Kier alpha value is -2.10. The number of rotatable bonds is 14. The number of hydrogen-bond acceptors (Lipinski definition) is 9. The maximum atomic E-state index is 8.96. The van der Waals surface area contributed by atoms with Gasteiger partial charge in [0.1, 0.15) is 5.69 Å². The van der Waals surface area contributed by atoms with Crippen molar-refractivity contribution in [2.75, 3.05) is 41.9 Å². The number of thioether (sulfide) groups is 1. The minimum absolute atomic E-state index is 0.0387. The number of nitrogen functional groups attached to an aromatic ring is 1. The van der Waals surface area contributed by atoms with Crippen LogP contribution in [-0.2, 0) is 4.74 Å². The molecular weight excluding hydrogens is 412 g/mol. The number of aliphatic hydroxyl groups excluding tert-OH is 1. The number of hydrogen-bond donors (Lipinski definition) is 4. The molecular formula is C22H34N6O2S. The lowest BCUT2D eigenvalue weighted by atomic mass is 10.2. The van der Waals surface area contributed by atoms with Crippen molar-refractivity contribution in [3.63, 3.8) is 0 Å². The molecule has 9 heteroatoms. The first-order valence-corrected chi connectivity index (χ1v) is 12.1. The molecule has 3 rings (SSSR count). The maximum absolute atomic E-state index is 8.96. The third kappa shape index (κ3) is 6.95. The molecule has 0 bridgehead atoms. The first-order chi connectivity index (χ1) is 15.2. The van der Waals surface area contributed by atoms with Crippen LogP contribution in [0.15, 0.2) is 29.7 Å². The average Bonchev–Trinajstić information content (AvgIpc) is 3.57. The van der Waals surface area contributed by atoms with E-state index in [0.717, 1.165) is 36.6 Å². The summed E-state index contributed by atoms with van der Waals surface area (Å²) in [5, 5.41) is 16.6. The fourth-order valence-electron chi connectivity index (χ4n) is 3.42. The first-order valence-electron chi connectivity index (χ1n) is 11.1. The zero-order valence-electron chi connectivity index (χ0n) is 18.4. The van der Waals surface area contributed by atoms with E-state index >= 15 is 0 Å². The molecule has 2 aromatic rings. The van der Waals surface area contributed by atoms with E-state index in [1.165, 1.54) is 5.56 Å². The van der Waals surface area contributed by atoms with Crippen LogP contribution in [0.1, 0.15) is 51.0 Å². The fraction of sp³-hybridized carbons (Fsp3) is 0.591. The summed E-state index contributed by atoms with van der Waals surface area (Å²) >= 11 is 1.64. The van der Waals surface area contributed by atoms with Crippen molar-refractivity contribution >= 4 is 29.1 Å². The molecule has 1 fully saturated rings. The number of nitrogens with two attached hydrogens (primary N) is 1. The largest absolute Gasteiger partial charge is 0.394 e. The third-order valence-electron chi connectivity index (χ3n) is 5.24. The minimum atomic E-state index is 0.0387. The molecule has 1 saturated carbocycles. The van der Waals surface area contributed by atoms with Gasteiger partial charge in [0.15, 0.2) is 16.8 Å². The highest BCUT2D eigenvalue weighted by Crippen LogP contribution is 2.43. The van der Waals surface area contributed by atoms with Gasteiger partial charge in [0, 0.05) is 36.7 Å². The molecule has 8 nitrogen and oxygen atoms in total. The molecule has 1 aliphatic carbocycles. The van der Waals surface area contributed by atoms with Crippen LogP contribution >= 0.6 is 11.8 Å². The normalized spacial score (nSPS) is 18.5. The number of ether oxygens (including phenoxy) is 1. The lowest BCUT2D eigenvalue weighted by molar-refractivity contribution is 0.0241. The Morgan fingerprint density at radius 1 is 1.32 bits per heavy atom. The molecule has 0 amide bonds. The second kappa shape index (κ2) is 12.1. The van der Waals surface area contributed by atoms with Crippen LogP contribution in [0.25, 0.3) is 0 Å². The van der Waals surface area contributed by atoms with Crippen molar-refractivity contribution in [3.05, 3.63) is 30.1 Å². The van der Waals surface area contributed by atoms with Crippen molar-refractivity contribution in [3.8, 4) is 0 Å². The molecule has 2 heterocycles. The smallest absolute Gasteiger partial charge is 0.191 e. The Kier molecular flexibility index (Phi) is 9.17. The van der Waals surface area contributed by atoms with E-state index in [1.54, 1.807) is 18.0 Å². The van der Waals surface area contributed by atoms with Gasteiger partial charge in [-0.2, -0.15) is 0 Å². The zero-order chi connectivity index (χ0) is 22.1. The molecule has 0 aromatic carbocycles. The Morgan fingerprint density at radius 3 is 2.87 bits per heavy atom. The monoisotopic (exact) mass is 446 g/mol. The van der Waals surface area contributed by atoms with E-state index in [2.05, 4.69) is 45.5 Å². The van der Waals surface area contributed by atoms with Gasteiger partial charge in [-0.3, -0.25) is 4.98 Å². The van der Waals surface area contributed by atoms with Gasteiger partial charge in [0.2, 0.25) is 0 Å². The predicted octanol–water partition coefficient (Wildman–Crippen LogP) is 3.51. The summed E-state index contributed by atoms with van der Waals surface area (Å²) in [5.41, 5.74) is 8.21. The summed E-state index contributed by atoms with van der Waals surface area (Å²) in [4.78, 5) is 13.6. The van der Waals surface area contributed by atoms with E-state index in [-0.39, 0.29) is 12.7 Å². The van der Waals surface area contributed by atoms with E-state index in [0.29, 0.717) is 42.4 Å². The predicted molar refractivity (Wildman–Crippen MR) is 127 cm³/mol. The highest BCUT2D eigenvalue weighted by molar-refractivity contribution is 7.99.